The predicted molar refractivity (Wildman–Crippen MR) is 87.4 cm³/mol. The number of carbonyl (C=O) groups is 1. The number of piperidine rings is 1. The van der Waals surface area contributed by atoms with E-state index in [2.05, 4.69) is 12.2 Å². The van der Waals surface area contributed by atoms with Crippen molar-refractivity contribution in [3.05, 3.63) is 35.4 Å². The third-order valence-electron chi connectivity index (χ3n) is 4.91. The molecule has 0 unspecified atom stereocenters. The molecule has 1 saturated heterocycles. The van der Waals surface area contributed by atoms with Crippen LogP contribution in [0.2, 0.25) is 0 Å². The van der Waals surface area contributed by atoms with Gasteiger partial charge in [0.15, 0.2) is 0 Å². The van der Waals surface area contributed by atoms with E-state index in [1.807, 2.05) is 11.8 Å². The zero-order chi connectivity index (χ0) is 17.9. The van der Waals surface area contributed by atoms with Crippen LogP contribution in [0, 0.1) is 5.92 Å². The molecule has 1 aromatic rings. The van der Waals surface area contributed by atoms with Crippen LogP contribution in [0.3, 0.4) is 0 Å². The van der Waals surface area contributed by atoms with E-state index in [0.717, 1.165) is 43.6 Å². The number of hydrogen-bond acceptors (Lipinski definition) is 2. The topological polar surface area (TPSA) is 32.3 Å². The average molecular weight is 342 g/mol. The van der Waals surface area contributed by atoms with Crippen molar-refractivity contribution in [1.29, 1.82) is 0 Å². The molecule has 2 rings (SSSR count). The Kier molecular flexibility index (Phi) is 5.91. The molecule has 1 aliphatic rings. The molecule has 0 aliphatic carbocycles. The van der Waals surface area contributed by atoms with E-state index < -0.39 is 11.7 Å². The molecule has 1 N–H and O–H groups in total. The first kappa shape index (κ1) is 18.8. The van der Waals surface area contributed by atoms with Gasteiger partial charge in [0.1, 0.15) is 0 Å². The van der Waals surface area contributed by atoms with E-state index in [-0.39, 0.29) is 18.0 Å². The highest BCUT2D eigenvalue weighted by Gasteiger charge is 2.31. The SMILES string of the molecule is CC[C@@H]1CN(C(C)=O)CC[C@@H]1N[C@@H](C)c1ccc(C(F)(F)F)cc1. The molecule has 0 aromatic heterocycles. The van der Waals surface area contributed by atoms with Gasteiger partial charge in [-0.2, -0.15) is 13.2 Å². The fourth-order valence-electron chi connectivity index (χ4n) is 3.33. The van der Waals surface area contributed by atoms with Gasteiger partial charge < -0.3 is 10.2 Å². The highest BCUT2D eigenvalue weighted by molar-refractivity contribution is 5.73. The number of carbonyl (C=O) groups excluding carboxylic acids is 1. The lowest BCUT2D eigenvalue weighted by atomic mass is 9.88. The first-order valence-corrected chi connectivity index (χ1v) is 8.41. The number of rotatable bonds is 4. The van der Waals surface area contributed by atoms with E-state index >= 15 is 0 Å². The number of benzene rings is 1. The number of halogens is 3. The van der Waals surface area contributed by atoms with Gasteiger partial charge in [-0.25, -0.2) is 0 Å². The van der Waals surface area contributed by atoms with E-state index in [1.165, 1.54) is 12.1 Å². The number of nitrogens with one attached hydrogen (secondary N) is 1. The van der Waals surface area contributed by atoms with Crippen LogP contribution < -0.4 is 5.32 Å². The van der Waals surface area contributed by atoms with Crippen molar-refractivity contribution in [1.82, 2.24) is 10.2 Å². The number of nitrogens with zero attached hydrogens (tertiary/aromatic N) is 1. The second-order valence-electron chi connectivity index (χ2n) is 6.54. The summed E-state index contributed by atoms with van der Waals surface area (Å²) in [6.45, 7) is 7.12. The molecule has 1 fully saturated rings. The summed E-state index contributed by atoms with van der Waals surface area (Å²) in [4.78, 5) is 13.4. The molecule has 3 atom stereocenters. The number of hydrogen-bond donors (Lipinski definition) is 1. The van der Waals surface area contributed by atoms with Crippen LogP contribution in [0.15, 0.2) is 24.3 Å². The molecule has 0 radical (unpaired) electrons. The molecule has 3 nitrogen and oxygen atoms in total. The van der Waals surface area contributed by atoms with Crippen LogP contribution in [-0.2, 0) is 11.0 Å². The van der Waals surface area contributed by atoms with Crippen LogP contribution in [0.4, 0.5) is 13.2 Å². The van der Waals surface area contributed by atoms with Gasteiger partial charge in [0, 0.05) is 32.1 Å². The third-order valence-corrected chi connectivity index (χ3v) is 4.91. The molecule has 1 amide bonds. The van der Waals surface area contributed by atoms with E-state index in [9.17, 15) is 18.0 Å². The quantitative estimate of drug-likeness (QED) is 0.897. The third kappa shape index (κ3) is 4.50. The van der Waals surface area contributed by atoms with Crippen molar-refractivity contribution in [3.8, 4) is 0 Å². The molecule has 1 aliphatic heterocycles. The van der Waals surface area contributed by atoms with Crippen LogP contribution in [-0.4, -0.2) is 29.9 Å². The van der Waals surface area contributed by atoms with Crippen molar-refractivity contribution >= 4 is 5.91 Å². The lowest BCUT2D eigenvalue weighted by Crippen LogP contribution is -2.50. The summed E-state index contributed by atoms with van der Waals surface area (Å²) in [5, 5.41) is 3.53. The first-order valence-electron chi connectivity index (χ1n) is 8.41. The first-order chi connectivity index (χ1) is 11.2. The predicted octanol–water partition coefficient (Wildman–Crippen LogP) is 4.00. The Labute approximate surface area is 141 Å². The van der Waals surface area contributed by atoms with Crippen molar-refractivity contribution in [2.45, 2.75) is 51.9 Å². The summed E-state index contributed by atoms with van der Waals surface area (Å²) < 4.78 is 37.9. The van der Waals surface area contributed by atoms with Crippen molar-refractivity contribution < 1.29 is 18.0 Å². The maximum atomic E-state index is 12.6. The Balaban J connectivity index is 2.01. The summed E-state index contributed by atoms with van der Waals surface area (Å²) >= 11 is 0. The van der Waals surface area contributed by atoms with Crippen molar-refractivity contribution in [3.63, 3.8) is 0 Å². The Morgan fingerprint density at radius 2 is 1.96 bits per heavy atom. The second-order valence-corrected chi connectivity index (χ2v) is 6.54. The smallest absolute Gasteiger partial charge is 0.343 e. The molecular weight excluding hydrogens is 317 g/mol. The molecular formula is C18H25F3N2O. The Morgan fingerprint density at radius 1 is 1.33 bits per heavy atom. The van der Waals surface area contributed by atoms with Gasteiger partial charge in [-0.1, -0.05) is 25.5 Å². The molecule has 24 heavy (non-hydrogen) atoms. The highest BCUT2D eigenvalue weighted by Crippen LogP contribution is 2.30. The molecule has 6 heteroatoms. The van der Waals surface area contributed by atoms with Crippen LogP contribution >= 0.6 is 0 Å². The average Bonchev–Trinajstić information content (AvgIpc) is 2.54. The molecule has 0 saturated carbocycles. The molecule has 134 valence electrons. The van der Waals surface area contributed by atoms with Gasteiger partial charge in [0.25, 0.3) is 0 Å². The summed E-state index contributed by atoms with van der Waals surface area (Å²) in [6, 6.07) is 5.56. The summed E-state index contributed by atoms with van der Waals surface area (Å²) in [5.41, 5.74) is 0.214. The van der Waals surface area contributed by atoms with E-state index in [1.54, 1.807) is 6.92 Å². The fraction of sp³-hybridized carbons (Fsp3) is 0.611. The maximum Gasteiger partial charge on any atom is 0.416 e. The van der Waals surface area contributed by atoms with Crippen molar-refractivity contribution in [2.24, 2.45) is 5.92 Å². The standard InChI is InChI=1S/C18H25F3N2O/c1-4-14-11-23(13(3)24)10-9-17(14)22-12(2)15-5-7-16(8-6-15)18(19,20)21/h5-8,12,14,17,22H,4,9-11H2,1-3H3/t12-,14+,17-/m0/s1. The molecule has 0 spiro atoms. The van der Waals surface area contributed by atoms with Crippen molar-refractivity contribution in [2.75, 3.05) is 13.1 Å². The summed E-state index contributed by atoms with van der Waals surface area (Å²) in [7, 11) is 0. The van der Waals surface area contributed by atoms with Crippen LogP contribution in [0.1, 0.15) is 50.8 Å². The lowest BCUT2D eigenvalue weighted by Gasteiger charge is -2.39. The monoisotopic (exact) mass is 342 g/mol. The highest BCUT2D eigenvalue weighted by atomic mass is 19.4. The van der Waals surface area contributed by atoms with Gasteiger partial charge in [-0.15, -0.1) is 0 Å². The van der Waals surface area contributed by atoms with Gasteiger partial charge in [0.2, 0.25) is 5.91 Å². The zero-order valence-electron chi connectivity index (χ0n) is 14.4. The van der Waals surface area contributed by atoms with Crippen LogP contribution in [0.5, 0.6) is 0 Å². The lowest BCUT2D eigenvalue weighted by molar-refractivity contribution is -0.137. The largest absolute Gasteiger partial charge is 0.416 e. The van der Waals surface area contributed by atoms with Crippen LogP contribution in [0.25, 0.3) is 0 Å². The molecule has 1 aromatic carbocycles. The fourth-order valence-corrected chi connectivity index (χ4v) is 3.33. The number of alkyl halides is 3. The molecule has 1 heterocycles. The normalized spacial score (nSPS) is 23.2. The maximum absolute atomic E-state index is 12.6. The van der Waals surface area contributed by atoms with E-state index in [0.29, 0.717) is 5.92 Å². The minimum atomic E-state index is -4.30. The summed E-state index contributed by atoms with van der Waals surface area (Å²) in [6.07, 6.45) is -2.48. The van der Waals surface area contributed by atoms with Gasteiger partial charge in [0.05, 0.1) is 5.56 Å². The zero-order valence-corrected chi connectivity index (χ0v) is 14.4. The van der Waals surface area contributed by atoms with Gasteiger partial charge >= 0.3 is 6.18 Å². The Bertz CT molecular complexity index is 556. The van der Waals surface area contributed by atoms with E-state index in [4.69, 9.17) is 0 Å². The molecule has 0 bridgehead atoms. The minimum Gasteiger partial charge on any atom is -0.343 e. The Hall–Kier alpha value is -1.56. The van der Waals surface area contributed by atoms with Gasteiger partial charge in [-0.3, -0.25) is 4.79 Å². The number of amides is 1. The number of likely N-dealkylation sites (tertiary alicyclic amines) is 1. The summed E-state index contributed by atoms with van der Waals surface area (Å²) in [5.74, 6) is 0.460. The Morgan fingerprint density at radius 3 is 2.46 bits per heavy atom. The second kappa shape index (κ2) is 7.55. The van der Waals surface area contributed by atoms with Gasteiger partial charge in [-0.05, 0) is 37.0 Å². The minimum absolute atomic E-state index is 0.0322.